The van der Waals surface area contributed by atoms with Crippen molar-refractivity contribution in [1.29, 1.82) is 0 Å². The van der Waals surface area contributed by atoms with Crippen LogP contribution in [0.4, 0.5) is 11.4 Å². The van der Waals surface area contributed by atoms with E-state index in [4.69, 9.17) is 11.5 Å². The van der Waals surface area contributed by atoms with E-state index < -0.39 is 0 Å². The Kier molecular flexibility index (Phi) is 1.30. The van der Waals surface area contributed by atoms with Gasteiger partial charge in [0.15, 0.2) is 0 Å². The van der Waals surface area contributed by atoms with Crippen LogP contribution in [-0.2, 0) is 0 Å². The molecule has 0 unspecified atom stereocenters. The first-order chi connectivity index (χ1) is 4.20. The minimum atomic E-state index is 0.515. The molecule has 3 N–H and O–H groups in total. The van der Waals surface area contributed by atoms with E-state index in [1.807, 2.05) is 6.92 Å². The Hall–Kier alpha value is -1.18. The Morgan fingerprint density at radius 3 is 2.56 bits per heavy atom. The summed E-state index contributed by atoms with van der Waals surface area (Å²) >= 11 is 0. The van der Waals surface area contributed by atoms with Crippen LogP contribution >= 0.6 is 0 Å². The smallest absolute Gasteiger partial charge is 0.0544 e. The Labute approximate surface area is 54.5 Å². The van der Waals surface area contributed by atoms with Crippen LogP contribution in [0.3, 0.4) is 0 Å². The van der Waals surface area contributed by atoms with E-state index in [1.165, 1.54) is 0 Å². The van der Waals surface area contributed by atoms with E-state index in [1.54, 1.807) is 18.2 Å². The predicted octanol–water partition coefficient (Wildman–Crippen LogP) is 1.49. The van der Waals surface area contributed by atoms with Crippen molar-refractivity contribution in [2.24, 2.45) is 0 Å². The van der Waals surface area contributed by atoms with Gasteiger partial charge < -0.3 is 11.5 Å². The minimum absolute atomic E-state index is 0.515. The summed E-state index contributed by atoms with van der Waals surface area (Å²) in [7, 11) is 0. The first-order valence-corrected chi connectivity index (χ1v) is 2.78. The quantitative estimate of drug-likeness (QED) is 0.519. The summed E-state index contributed by atoms with van der Waals surface area (Å²) in [5.74, 6) is 0. The number of rotatable bonds is 0. The SMILES string of the molecule is Cc1cc([NH])ccc1N. The Morgan fingerprint density at radius 1 is 1.44 bits per heavy atom. The van der Waals surface area contributed by atoms with E-state index in [9.17, 15) is 0 Å². The van der Waals surface area contributed by atoms with Gasteiger partial charge in [0.25, 0.3) is 0 Å². The molecule has 0 atom stereocenters. The van der Waals surface area contributed by atoms with Crippen LogP contribution in [0.25, 0.3) is 0 Å². The lowest BCUT2D eigenvalue weighted by atomic mass is 10.2. The molecule has 0 fully saturated rings. The van der Waals surface area contributed by atoms with Crippen LogP contribution < -0.4 is 11.5 Å². The van der Waals surface area contributed by atoms with Gasteiger partial charge in [-0.1, -0.05) is 0 Å². The maximum absolute atomic E-state index is 7.18. The molecule has 0 bridgehead atoms. The number of nitrogens with one attached hydrogen (secondary N) is 1. The molecule has 0 aliphatic heterocycles. The summed E-state index contributed by atoms with van der Waals surface area (Å²) in [5.41, 5.74) is 14.9. The minimum Gasteiger partial charge on any atom is -0.399 e. The highest BCUT2D eigenvalue weighted by atomic mass is 14.6. The van der Waals surface area contributed by atoms with Crippen molar-refractivity contribution >= 4 is 11.4 Å². The molecule has 0 aromatic heterocycles. The highest BCUT2D eigenvalue weighted by Crippen LogP contribution is 2.13. The zero-order valence-corrected chi connectivity index (χ0v) is 5.31. The van der Waals surface area contributed by atoms with Gasteiger partial charge in [0, 0.05) is 5.69 Å². The number of anilines is 1. The number of nitrogens with two attached hydrogens (primary N) is 1. The molecule has 0 aliphatic carbocycles. The van der Waals surface area contributed by atoms with Gasteiger partial charge in [-0.25, -0.2) is 0 Å². The number of nitrogen functional groups attached to an aromatic ring is 1. The fraction of sp³-hybridized carbons (Fsp3) is 0.143. The number of hydrogen-bond acceptors (Lipinski definition) is 1. The van der Waals surface area contributed by atoms with Gasteiger partial charge in [-0.3, -0.25) is 0 Å². The van der Waals surface area contributed by atoms with Gasteiger partial charge >= 0.3 is 0 Å². The molecular weight excluding hydrogens is 112 g/mol. The molecule has 0 heterocycles. The first-order valence-electron chi connectivity index (χ1n) is 2.78. The predicted molar refractivity (Wildman–Crippen MR) is 38.3 cm³/mol. The zero-order chi connectivity index (χ0) is 6.85. The second kappa shape index (κ2) is 1.97. The molecule has 47 valence electrons. The first kappa shape index (κ1) is 5.95. The van der Waals surface area contributed by atoms with Crippen LogP contribution in [0.5, 0.6) is 0 Å². The van der Waals surface area contributed by atoms with Crippen LogP contribution in [0.15, 0.2) is 18.2 Å². The largest absolute Gasteiger partial charge is 0.399 e. The molecule has 1 rings (SSSR count). The Morgan fingerprint density at radius 2 is 2.11 bits per heavy atom. The van der Waals surface area contributed by atoms with Crippen molar-refractivity contribution < 1.29 is 0 Å². The summed E-state index contributed by atoms with van der Waals surface area (Å²) in [6.07, 6.45) is 0. The third-order valence-corrected chi connectivity index (χ3v) is 1.27. The van der Waals surface area contributed by atoms with Gasteiger partial charge in [-0.05, 0) is 30.7 Å². The molecule has 0 spiro atoms. The summed E-state index contributed by atoms with van der Waals surface area (Å²) in [6.45, 7) is 1.90. The standard InChI is InChI=1S/C7H9N2/c1-5-4-6(8)2-3-7(5)9/h2-4,8H,9H2,1H3. The topological polar surface area (TPSA) is 49.8 Å². The number of aryl methyl sites for hydroxylation is 1. The van der Waals surface area contributed by atoms with Gasteiger partial charge in [-0.15, -0.1) is 0 Å². The van der Waals surface area contributed by atoms with Gasteiger partial charge in [0.05, 0.1) is 5.69 Å². The number of hydrogen-bond donors (Lipinski definition) is 1. The van der Waals surface area contributed by atoms with Crippen molar-refractivity contribution in [3.8, 4) is 0 Å². The molecule has 1 aromatic rings. The second-order valence-electron chi connectivity index (χ2n) is 2.07. The zero-order valence-electron chi connectivity index (χ0n) is 5.31. The van der Waals surface area contributed by atoms with Gasteiger partial charge in [0.2, 0.25) is 0 Å². The molecule has 0 saturated carbocycles. The lowest BCUT2D eigenvalue weighted by Crippen LogP contribution is -1.87. The van der Waals surface area contributed by atoms with Crippen molar-refractivity contribution in [2.45, 2.75) is 6.92 Å². The van der Waals surface area contributed by atoms with Crippen molar-refractivity contribution in [1.82, 2.24) is 5.73 Å². The monoisotopic (exact) mass is 121 g/mol. The fourth-order valence-electron chi connectivity index (χ4n) is 0.676. The third-order valence-electron chi connectivity index (χ3n) is 1.27. The highest BCUT2D eigenvalue weighted by Gasteiger charge is 1.90. The van der Waals surface area contributed by atoms with Crippen LogP contribution in [0, 0.1) is 6.92 Å². The lowest BCUT2D eigenvalue weighted by Gasteiger charge is -1.97. The molecule has 0 aliphatic rings. The molecule has 0 amide bonds. The number of benzene rings is 1. The molecule has 1 aromatic carbocycles. The summed E-state index contributed by atoms with van der Waals surface area (Å²) < 4.78 is 0. The van der Waals surface area contributed by atoms with Gasteiger partial charge in [-0.2, -0.15) is 0 Å². The van der Waals surface area contributed by atoms with Crippen LogP contribution in [0.2, 0.25) is 0 Å². The molecule has 9 heavy (non-hydrogen) atoms. The van der Waals surface area contributed by atoms with E-state index in [2.05, 4.69) is 0 Å². The van der Waals surface area contributed by atoms with E-state index in [0.29, 0.717) is 5.69 Å². The molecule has 2 nitrogen and oxygen atoms in total. The third kappa shape index (κ3) is 1.13. The molecule has 0 saturated heterocycles. The summed E-state index contributed by atoms with van der Waals surface area (Å²) in [6, 6.07) is 5.18. The Bertz CT molecular complexity index is 218. The van der Waals surface area contributed by atoms with Crippen molar-refractivity contribution in [3.63, 3.8) is 0 Å². The van der Waals surface area contributed by atoms with E-state index >= 15 is 0 Å². The maximum atomic E-state index is 7.18. The van der Waals surface area contributed by atoms with Crippen LogP contribution in [-0.4, -0.2) is 0 Å². The van der Waals surface area contributed by atoms with Gasteiger partial charge in [0.1, 0.15) is 0 Å². The maximum Gasteiger partial charge on any atom is 0.0544 e. The molecule has 2 heteroatoms. The highest BCUT2D eigenvalue weighted by molar-refractivity contribution is 5.52. The van der Waals surface area contributed by atoms with E-state index in [-0.39, 0.29) is 0 Å². The normalized spacial score (nSPS) is 9.44. The van der Waals surface area contributed by atoms with Crippen LogP contribution in [0.1, 0.15) is 5.56 Å². The van der Waals surface area contributed by atoms with Crippen molar-refractivity contribution in [2.75, 3.05) is 5.73 Å². The average molecular weight is 121 g/mol. The fourth-order valence-corrected chi connectivity index (χ4v) is 0.676. The lowest BCUT2D eigenvalue weighted by molar-refractivity contribution is 1.41. The van der Waals surface area contributed by atoms with Crippen molar-refractivity contribution in [3.05, 3.63) is 23.8 Å². The second-order valence-corrected chi connectivity index (χ2v) is 2.07. The molecular formula is C7H9N2. The summed E-state index contributed by atoms with van der Waals surface area (Å²) in [4.78, 5) is 0. The molecule has 1 radical (unpaired) electrons. The average Bonchev–Trinajstić information content (AvgIpc) is 1.80. The van der Waals surface area contributed by atoms with E-state index in [0.717, 1.165) is 11.3 Å². The Balaban J connectivity index is 3.17. The summed E-state index contributed by atoms with van der Waals surface area (Å²) in [5, 5.41) is 0.